The number of hydrogen-bond acceptors (Lipinski definition) is 5. The minimum atomic E-state index is -0.448. The highest BCUT2D eigenvalue weighted by Crippen LogP contribution is 2.34. The van der Waals surface area contributed by atoms with Gasteiger partial charge in [0.05, 0.1) is 16.9 Å². The minimum Gasteiger partial charge on any atom is -0.422 e. The van der Waals surface area contributed by atoms with Crippen LogP contribution in [0.5, 0.6) is 0 Å². The van der Waals surface area contributed by atoms with E-state index in [0.717, 1.165) is 22.2 Å². The topological polar surface area (TPSA) is 63.4 Å². The van der Waals surface area contributed by atoms with Gasteiger partial charge in [0.1, 0.15) is 5.58 Å². The molecule has 0 atom stereocenters. The molecule has 0 fully saturated rings. The highest BCUT2D eigenvalue weighted by atomic mass is 32.1. The Hall–Kier alpha value is -3.25. The van der Waals surface area contributed by atoms with E-state index in [1.165, 1.54) is 18.3 Å². The van der Waals surface area contributed by atoms with Crippen LogP contribution >= 0.6 is 11.3 Å². The lowest BCUT2D eigenvalue weighted by Crippen LogP contribution is -2.23. The predicted molar refractivity (Wildman–Crippen MR) is 112 cm³/mol. The van der Waals surface area contributed by atoms with E-state index in [9.17, 15) is 9.59 Å². The van der Waals surface area contributed by atoms with Gasteiger partial charge in [0, 0.05) is 17.7 Å². The lowest BCUT2D eigenvalue weighted by Gasteiger charge is -2.21. The number of nitrogens with zero attached hydrogens (tertiary/aromatic N) is 2. The van der Waals surface area contributed by atoms with E-state index in [1.54, 1.807) is 22.4 Å². The fourth-order valence-electron chi connectivity index (χ4n) is 3.12. The molecule has 2 heterocycles. The third kappa shape index (κ3) is 3.12. The molecule has 0 bridgehead atoms. The Morgan fingerprint density at radius 1 is 1.11 bits per heavy atom. The number of thiazole rings is 1. The Bertz CT molecular complexity index is 1260. The second-order valence-corrected chi connectivity index (χ2v) is 7.41. The lowest BCUT2D eigenvalue weighted by molar-refractivity contribution is -0.115. The van der Waals surface area contributed by atoms with Gasteiger partial charge in [-0.3, -0.25) is 9.69 Å². The summed E-state index contributed by atoms with van der Waals surface area (Å²) in [7, 11) is 0. The summed E-state index contributed by atoms with van der Waals surface area (Å²) in [6.45, 7) is 5.49. The van der Waals surface area contributed by atoms with Gasteiger partial charge in [0.25, 0.3) is 0 Å². The Morgan fingerprint density at radius 2 is 1.89 bits per heavy atom. The average Bonchev–Trinajstić information content (AvgIpc) is 3.14. The fourth-order valence-corrected chi connectivity index (χ4v) is 4.00. The van der Waals surface area contributed by atoms with Crippen LogP contribution in [0.25, 0.3) is 22.2 Å². The molecule has 6 heteroatoms. The molecule has 0 saturated carbocycles. The maximum absolute atomic E-state index is 12.4. The van der Waals surface area contributed by atoms with Crippen LogP contribution in [0.3, 0.4) is 0 Å². The number of rotatable bonds is 3. The van der Waals surface area contributed by atoms with E-state index in [4.69, 9.17) is 4.42 Å². The van der Waals surface area contributed by atoms with E-state index in [2.05, 4.69) is 4.98 Å². The van der Waals surface area contributed by atoms with Crippen LogP contribution in [0.4, 0.5) is 10.8 Å². The van der Waals surface area contributed by atoms with E-state index < -0.39 is 5.63 Å². The standard InChI is InChI=1S/C22H18N2O3S/c1-13-7-6-9-19(14(13)2)24(15(3)25)22-23-18(12-28-22)17-11-16-8-4-5-10-20(16)27-21(17)26/h4-12H,1-3H3. The van der Waals surface area contributed by atoms with E-state index in [-0.39, 0.29) is 5.91 Å². The first-order valence-corrected chi connectivity index (χ1v) is 9.69. The Morgan fingerprint density at radius 3 is 2.68 bits per heavy atom. The smallest absolute Gasteiger partial charge is 0.345 e. The van der Waals surface area contributed by atoms with Crippen molar-refractivity contribution in [3.63, 3.8) is 0 Å². The SMILES string of the molecule is CC(=O)N(c1nc(-c2cc3ccccc3oc2=O)cs1)c1cccc(C)c1C. The summed E-state index contributed by atoms with van der Waals surface area (Å²) in [5.41, 5.74) is 3.86. The molecule has 2 aromatic carbocycles. The van der Waals surface area contributed by atoms with Crippen molar-refractivity contribution in [2.24, 2.45) is 0 Å². The normalized spacial score (nSPS) is 11.0. The van der Waals surface area contributed by atoms with E-state index >= 15 is 0 Å². The third-order valence-electron chi connectivity index (χ3n) is 4.73. The number of hydrogen-bond donors (Lipinski definition) is 0. The van der Waals surface area contributed by atoms with Gasteiger partial charge in [-0.05, 0) is 43.2 Å². The van der Waals surface area contributed by atoms with Crippen molar-refractivity contribution in [3.8, 4) is 11.3 Å². The number of anilines is 2. The minimum absolute atomic E-state index is 0.139. The van der Waals surface area contributed by atoms with Crippen molar-refractivity contribution >= 4 is 39.0 Å². The first-order valence-electron chi connectivity index (χ1n) is 8.81. The number of carbonyl (C=O) groups excluding carboxylic acids is 1. The van der Waals surface area contributed by atoms with Crippen molar-refractivity contribution in [1.29, 1.82) is 0 Å². The zero-order valence-electron chi connectivity index (χ0n) is 15.7. The van der Waals surface area contributed by atoms with Crippen molar-refractivity contribution in [2.45, 2.75) is 20.8 Å². The monoisotopic (exact) mass is 390 g/mol. The van der Waals surface area contributed by atoms with Gasteiger partial charge in [-0.15, -0.1) is 11.3 Å². The van der Waals surface area contributed by atoms with E-state index in [1.807, 2.05) is 50.2 Å². The number of amides is 1. The molecular formula is C22H18N2O3S. The molecule has 0 spiro atoms. The summed E-state index contributed by atoms with van der Waals surface area (Å²) < 4.78 is 5.41. The molecule has 4 rings (SSSR count). The van der Waals surface area contributed by atoms with Gasteiger partial charge >= 0.3 is 5.63 Å². The predicted octanol–water partition coefficient (Wildman–Crippen LogP) is 5.22. The number of benzene rings is 2. The molecule has 140 valence electrons. The van der Waals surface area contributed by atoms with Gasteiger partial charge in [0.2, 0.25) is 5.91 Å². The van der Waals surface area contributed by atoms with Crippen LogP contribution in [0.15, 0.2) is 63.1 Å². The highest BCUT2D eigenvalue weighted by Gasteiger charge is 2.21. The average molecular weight is 390 g/mol. The number of aromatic nitrogens is 1. The van der Waals surface area contributed by atoms with E-state index in [0.29, 0.717) is 22.0 Å². The maximum atomic E-state index is 12.4. The maximum Gasteiger partial charge on any atom is 0.345 e. The van der Waals surface area contributed by atoms with Crippen LogP contribution in [0, 0.1) is 13.8 Å². The fraction of sp³-hybridized carbons (Fsp3) is 0.136. The Balaban J connectivity index is 1.82. The zero-order valence-corrected chi connectivity index (χ0v) is 16.5. The molecule has 5 nitrogen and oxygen atoms in total. The Labute approximate surface area is 165 Å². The summed E-state index contributed by atoms with van der Waals surface area (Å²) in [6.07, 6.45) is 0. The number of aryl methyl sites for hydroxylation is 1. The largest absolute Gasteiger partial charge is 0.422 e. The second kappa shape index (κ2) is 7.05. The quantitative estimate of drug-likeness (QED) is 0.450. The summed E-state index contributed by atoms with van der Waals surface area (Å²) in [6, 6.07) is 14.9. The molecule has 2 aromatic heterocycles. The second-order valence-electron chi connectivity index (χ2n) is 6.57. The van der Waals surface area contributed by atoms with Gasteiger partial charge in [-0.25, -0.2) is 9.78 Å². The summed E-state index contributed by atoms with van der Waals surface area (Å²) in [4.78, 5) is 31.0. The van der Waals surface area contributed by atoms with Crippen molar-refractivity contribution in [2.75, 3.05) is 4.90 Å². The number of carbonyl (C=O) groups is 1. The van der Waals surface area contributed by atoms with Crippen LogP contribution in [-0.4, -0.2) is 10.9 Å². The molecular weight excluding hydrogens is 372 g/mol. The first-order chi connectivity index (χ1) is 13.5. The van der Waals surface area contributed by atoms with Crippen molar-refractivity contribution in [3.05, 3.63) is 75.5 Å². The van der Waals surface area contributed by atoms with Crippen LogP contribution < -0.4 is 10.5 Å². The summed E-state index contributed by atoms with van der Waals surface area (Å²) >= 11 is 1.32. The molecule has 0 aliphatic carbocycles. The lowest BCUT2D eigenvalue weighted by atomic mass is 10.1. The van der Waals surface area contributed by atoms with Crippen molar-refractivity contribution in [1.82, 2.24) is 4.98 Å². The van der Waals surface area contributed by atoms with Crippen LogP contribution in [-0.2, 0) is 4.79 Å². The van der Waals surface area contributed by atoms with Crippen LogP contribution in [0.1, 0.15) is 18.1 Å². The summed E-state index contributed by atoms with van der Waals surface area (Å²) in [5.74, 6) is -0.139. The van der Waals surface area contributed by atoms with Gasteiger partial charge in [-0.1, -0.05) is 30.3 Å². The third-order valence-corrected chi connectivity index (χ3v) is 5.56. The molecule has 0 aliphatic rings. The molecule has 0 unspecified atom stereocenters. The Kier molecular flexibility index (Phi) is 4.57. The highest BCUT2D eigenvalue weighted by molar-refractivity contribution is 7.14. The van der Waals surface area contributed by atoms with Crippen molar-refractivity contribution < 1.29 is 9.21 Å². The number of fused-ring (bicyclic) bond motifs is 1. The van der Waals surface area contributed by atoms with Gasteiger partial charge in [0.15, 0.2) is 5.13 Å². The molecule has 0 radical (unpaired) electrons. The first kappa shape index (κ1) is 18.1. The zero-order chi connectivity index (χ0) is 19.8. The number of para-hydroxylation sites is 1. The molecule has 1 amide bonds. The van der Waals surface area contributed by atoms with Gasteiger partial charge in [-0.2, -0.15) is 0 Å². The molecule has 0 aliphatic heterocycles. The molecule has 0 saturated heterocycles. The molecule has 4 aromatic rings. The van der Waals surface area contributed by atoms with Gasteiger partial charge < -0.3 is 4.42 Å². The summed E-state index contributed by atoms with van der Waals surface area (Å²) in [5, 5.41) is 3.12. The molecule has 28 heavy (non-hydrogen) atoms. The van der Waals surface area contributed by atoms with Crippen LogP contribution in [0.2, 0.25) is 0 Å². The molecule has 0 N–H and O–H groups in total.